The molecule has 4 nitrogen and oxygen atoms in total. The van der Waals surface area contributed by atoms with Crippen molar-refractivity contribution < 1.29 is 9.15 Å². The van der Waals surface area contributed by atoms with Gasteiger partial charge in [0.2, 0.25) is 0 Å². The molecule has 0 radical (unpaired) electrons. The summed E-state index contributed by atoms with van der Waals surface area (Å²) in [6, 6.07) is 23.5. The van der Waals surface area contributed by atoms with Gasteiger partial charge in [-0.3, -0.25) is 0 Å². The van der Waals surface area contributed by atoms with E-state index >= 15 is 0 Å². The van der Waals surface area contributed by atoms with Crippen LogP contribution in [0.15, 0.2) is 87.4 Å². The lowest BCUT2D eigenvalue weighted by molar-refractivity contribution is 0.415. The van der Waals surface area contributed by atoms with Crippen LogP contribution >= 0.6 is 11.3 Å². The summed E-state index contributed by atoms with van der Waals surface area (Å²) in [5, 5.41) is 1.98. The third kappa shape index (κ3) is 3.82. The molecule has 2 aromatic carbocycles. The van der Waals surface area contributed by atoms with Crippen LogP contribution in [-0.4, -0.2) is 13.7 Å². The van der Waals surface area contributed by atoms with Crippen molar-refractivity contribution in [3.05, 3.63) is 88.6 Å². The lowest BCUT2D eigenvalue weighted by Gasteiger charge is -2.23. The largest absolute Gasteiger partial charge is 0.497 e. The molecule has 146 valence electrons. The zero-order chi connectivity index (χ0) is 20.2. The zero-order valence-electron chi connectivity index (χ0n) is 16.3. The van der Waals surface area contributed by atoms with E-state index in [-0.39, 0.29) is 5.63 Å². The summed E-state index contributed by atoms with van der Waals surface area (Å²) in [6.45, 7) is 2.64. The van der Waals surface area contributed by atoms with Crippen molar-refractivity contribution in [2.75, 3.05) is 18.6 Å². The third-order valence-electron chi connectivity index (χ3n) is 4.75. The predicted octanol–water partition coefficient (Wildman–Crippen LogP) is 6.20. The fourth-order valence-electron chi connectivity index (χ4n) is 3.33. The molecular formula is C24H21NO3S. The molecular weight excluding hydrogens is 382 g/mol. The summed E-state index contributed by atoms with van der Waals surface area (Å²) < 4.78 is 11.1. The van der Waals surface area contributed by atoms with Crippen LogP contribution in [0.1, 0.15) is 6.92 Å². The van der Waals surface area contributed by atoms with Gasteiger partial charge in [-0.15, -0.1) is 11.3 Å². The van der Waals surface area contributed by atoms with Crippen molar-refractivity contribution in [1.82, 2.24) is 0 Å². The molecule has 29 heavy (non-hydrogen) atoms. The second-order valence-electron chi connectivity index (χ2n) is 6.45. The molecule has 0 spiro atoms. The fraction of sp³-hybridized carbons (Fsp3) is 0.125. The summed E-state index contributed by atoms with van der Waals surface area (Å²) in [7, 11) is 1.64. The van der Waals surface area contributed by atoms with Gasteiger partial charge >= 0.3 is 5.63 Å². The van der Waals surface area contributed by atoms with Crippen molar-refractivity contribution >= 4 is 22.7 Å². The molecule has 0 aliphatic heterocycles. The highest BCUT2D eigenvalue weighted by Crippen LogP contribution is 2.37. The van der Waals surface area contributed by atoms with Gasteiger partial charge in [0, 0.05) is 17.8 Å². The Bertz CT molecular complexity index is 1130. The van der Waals surface area contributed by atoms with Gasteiger partial charge in [0.15, 0.2) is 5.76 Å². The molecule has 0 saturated carbocycles. The molecule has 5 heteroatoms. The Hall–Kier alpha value is -3.31. The minimum absolute atomic E-state index is 0.356. The van der Waals surface area contributed by atoms with Gasteiger partial charge in [0.25, 0.3) is 0 Å². The number of rotatable bonds is 6. The number of ether oxygens (including phenoxy) is 1. The van der Waals surface area contributed by atoms with E-state index in [1.807, 2.05) is 90.0 Å². The summed E-state index contributed by atoms with van der Waals surface area (Å²) in [6.07, 6.45) is 0. The second kappa shape index (κ2) is 8.37. The molecule has 2 heterocycles. The molecule has 4 aromatic rings. The molecule has 0 N–H and O–H groups in total. The van der Waals surface area contributed by atoms with Crippen LogP contribution in [0, 0.1) is 0 Å². The molecule has 0 aliphatic rings. The molecule has 0 atom stereocenters. The van der Waals surface area contributed by atoms with Gasteiger partial charge in [-0.25, -0.2) is 4.79 Å². The van der Waals surface area contributed by atoms with Gasteiger partial charge in [-0.1, -0.05) is 36.4 Å². The second-order valence-corrected chi connectivity index (χ2v) is 7.40. The summed E-state index contributed by atoms with van der Waals surface area (Å²) in [4.78, 5) is 15.9. The van der Waals surface area contributed by atoms with E-state index in [9.17, 15) is 4.79 Å². The quantitative estimate of drug-likeness (QED) is 0.384. The lowest BCUT2D eigenvalue weighted by atomic mass is 10.0. The average molecular weight is 404 g/mol. The number of thiophene rings is 1. The minimum atomic E-state index is -0.356. The summed E-state index contributed by atoms with van der Waals surface area (Å²) in [5.74, 6) is 1.38. The van der Waals surface area contributed by atoms with Gasteiger partial charge in [0.05, 0.1) is 12.0 Å². The first-order valence-electron chi connectivity index (χ1n) is 9.40. The van der Waals surface area contributed by atoms with Crippen LogP contribution in [0.3, 0.4) is 0 Å². The Morgan fingerprint density at radius 1 is 1.00 bits per heavy atom. The molecule has 0 aliphatic carbocycles. The highest BCUT2D eigenvalue weighted by molar-refractivity contribution is 7.13. The fourth-order valence-corrected chi connectivity index (χ4v) is 4.05. The monoisotopic (exact) mass is 403 g/mol. The zero-order valence-corrected chi connectivity index (χ0v) is 17.1. The third-order valence-corrected chi connectivity index (χ3v) is 5.62. The van der Waals surface area contributed by atoms with Gasteiger partial charge in [-0.05, 0) is 54.3 Å². The molecule has 0 fully saturated rings. The van der Waals surface area contributed by atoms with Crippen LogP contribution in [0.2, 0.25) is 0 Å². The van der Waals surface area contributed by atoms with Crippen LogP contribution in [0.25, 0.3) is 21.8 Å². The first-order chi connectivity index (χ1) is 14.2. The Kier molecular flexibility index (Phi) is 5.49. The Balaban J connectivity index is 1.88. The Labute approximate surface area is 173 Å². The Morgan fingerprint density at radius 2 is 1.76 bits per heavy atom. The van der Waals surface area contributed by atoms with Crippen molar-refractivity contribution in [3.63, 3.8) is 0 Å². The van der Waals surface area contributed by atoms with E-state index in [4.69, 9.17) is 9.15 Å². The first kappa shape index (κ1) is 19.0. The van der Waals surface area contributed by atoms with Crippen molar-refractivity contribution in [2.24, 2.45) is 0 Å². The predicted molar refractivity (Wildman–Crippen MR) is 119 cm³/mol. The van der Waals surface area contributed by atoms with E-state index in [0.29, 0.717) is 18.0 Å². The van der Waals surface area contributed by atoms with Crippen LogP contribution in [0.4, 0.5) is 11.4 Å². The van der Waals surface area contributed by atoms with Crippen molar-refractivity contribution in [3.8, 4) is 27.5 Å². The van der Waals surface area contributed by atoms with E-state index in [2.05, 4.69) is 0 Å². The maximum absolute atomic E-state index is 13.0. The standard InChI is InChI=1S/C24H21NO3S/c1-3-25(18-11-13-19(27-2)14-12-18)21-16-20(17-8-5-4-6-9-17)23(28-24(21)26)22-10-7-15-29-22/h4-16H,3H2,1-2H3. The molecule has 2 aromatic heterocycles. The smallest absolute Gasteiger partial charge is 0.360 e. The highest BCUT2D eigenvalue weighted by Gasteiger charge is 2.19. The lowest BCUT2D eigenvalue weighted by Crippen LogP contribution is -2.22. The number of benzene rings is 2. The van der Waals surface area contributed by atoms with Crippen LogP contribution in [0.5, 0.6) is 5.75 Å². The number of hydrogen-bond acceptors (Lipinski definition) is 5. The molecule has 0 saturated heterocycles. The SMILES string of the molecule is CCN(c1ccc(OC)cc1)c1cc(-c2ccccc2)c(-c2cccs2)oc1=O. The topological polar surface area (TPSA) is 42.7 Å². The number of nitrogens with zero attached hydrogens (tertiary/aromatic N) is 1. The number of hydrogen-bond donors (Lipinski definition) is 0. The van der Waals surface area contributed by atoms with Crippen molar-refractivity contribution in [2.45, 2.75) is 6.92 Å². The minimum Gasteiger partial charge on any atom is -0.497 e. The number of anilines is 2. The summed E-state index contributed by atoms with van der Waals surface area (Å²) >= 11 is 1.55. The maximum Gasteiger partial charge on any atom is 0.360 e. The van der Waals surface area contributed by atoms with E-state index in [1.54, 1.807) is 18.4 Å². The molecule has 0 amide bonds. The van der Waals surface area contributed by atoms with E-state index < -0.39 is 0 Å². The number of methoxy groups -OCH3 is 1. The molecule has 0 bridgehead atoms. The normalized spacial score (nSPS) is 10.7. The highest BCUT2D eigenvalue weighted by atomic mass is 32.1. The maximum atomic E-state index is 13.0. The van der Waals surface area contributed by atoms with Gasteiger partial charge < -0.3 is 14.1 Å². The molecule has 4 rings (SSSR count). The van der Waals surface area contributed by atoms with E-state index in [1.165, 1.54) is 0 Å². The van der Waals surface area contributed by atoms with Crippen LogP contribution < -0.4 is 15.3 Å². The van der Waals surface area contributed by atoms with Crippen molar-refractivity contribution in [1.29, 1.82) is 0 Å². The van der Waals surface area contributed by atoms with Crippen LogP contribution in [-0.2, 0) is 0 Å². The Morgan fingerprint density at radius 3 is 2.38 bits per heavy atom. The van der Waals surface area contributed by atoms with Gasteiger partial charge in [0.1, 0.15) is 11.4 Å². The average Bonchev–Trinajstić information content (AvgIpc) is 3.31. The molecule has 0 unspecified atom stereocenters. The van der Waals surface area contributed by atoms with Gasteiger partial charge in [-0.2, -0.15) is 0 Å². The summed E-state index contributed by atoms with van der Waals surface area (Å²) in [5.41, 5.74) is 2.97. The first-order valence-corrected chi connectivity index (χ1v) is 10.3. The van der Waals surface area contributed by atoms with E-state index in [0.717, 1.165) is 27.4 Å².